The van der Waals surface area contributed by atoms with Crippen LogP contribution in [0.2, 0.25) is 0 Å². The molecule has 0 N–H and O–H groups in total. The molecule has 0 bridgehead atoms. The summed E-state index contributed by atoms with van der Waals surface area (Å²) in [6, 6.07) is 9.84. The van der Waals surface area contributed by atoms with Gasteiger partial charge in [-0.3, -0.25) is 4.79 Å². The third kappa shape index (κ3) is 4.92. The summed E-state index contributed by atoms with van der Waals surface area (Å²) in [5.74, 6) is 1.00. The molecule has 0 spiro atoms. The lowest BCUT2D eigenvalue weighted by atomic mass is 10.1. The second-order valence-electron chi connectivity index (χ2n) is 5.60. The zero-order valence-electron chi connectivity index (χ0n) is 12.6. The average Bonchev–Trinajstić information content (AvgIpc) is 2.52. The van der Waals surface area contributed by atoms with E-state index in [-0.39, 0.29) is 5.56 Å². The lowest BCUT2D eigenvalue weighted by Crippen LogP contribution is -2.19. The van der Waals surface area contributed by atoms with E-state index < -0.39 is 0 Å². The number of aromatic nitrogens is 1. The lowest BCUT2D eigenvalue weighted by molar-refractivity contribution is 0.545. The van der Waals surface area contributed by atoms with Gasteiger partial charge in [0.15, 0.2) is 0 Å². The summed E-state index contributed by atoms with van der Waals surface area (Å²) in [6.07, 6.45) is 10.7. The number of aryl methyl sites for hydroxylation is 1. The van der Waals surface area contributed by atoms with Gasteiger partial charge in [-0.25, -0.2) is 0 Å². The molecule has 0 radical (unpaired) electrons. The molecule has 0 aliphatic carbocycles. The largest absolute Gasteiger partial charge is 0.315 e. The van der Waals surface area contributed by atoms with Gasteiger partial charge in [0.05, 0.1) is 0 Å². The Balaban J connectivity index is 1.76. The second-order valence-corrected chi connectivity index (χ2v) is 6.05. The van der Waals surface area contributed by atoms with Crippen LogP contribution >= 0.6 is 12.6 Å². The van der Waals surface area contributed by atoms with E-state index in [9.17, 15) is 4.79 Å². The average molecular weight is 303 g/mol. The molecule has 0 amide bonds. The predicted molar refractivity (Wildman–Crippen MR) is 94.4 cm³/mol. The molecule has 3 heteroatoms. The summed E-state index contributed by atoms with van der Waals surface area (Å²) in [4.78, 5) is 12.3. The standard InChI is InChI=1S/C18H25NOS/c20-18-17-11-7-6-10-16(17)12-14-19(18)13-8-4-2-1-3-5-9-15-21/h6-7,10-12,14,21H,1-5,8-9,13,15H2. The van der Waals surface area contributed by atoms with Crippen molar-refractivity contribution in [1.29, 1.82) is 0 Å². The normalized spacial score (nSPS) is 11.1. The molecule has 0 aliphatic heterocycles. The summed E-state index contributed by atoms with van der Waals surface area (Å²) in [5.41, 5.74) is 0.141. The molecule has 0 saturated heterocycles. The highest BCUT2D eigenvalue weighted by molar-refractivity contribution is 7.80. The van der Waals surface area contributed by atoms with Crippen molar-refractivity contribution in [3.8, 4) is 0 Å². The maximum Gasteiger partial charge on any atom is 0.258 e. The van der Waals surface area contributed by atoms with E-state index in [0.29, 0.717) is 0 Å². The number of thiol groups is 1. The van der Waals surface area contributed by atoms with E-state index in [1.807, 2.05) is 41.1 Å². The first-order valence-corrected chi connectivity index (χ1v) is 8.65. The molecule has 1 heterocycles. The van der Waals surface area contributed by atoms with E-state index >= 15 is 0 Å². The van der Waals surface area contributed by atoms with Crippen LogP contribution in [-0.2, 0) is 6.54 Å². The smallest absolute Gasteiger partial charge is 0.258 e. The molecule has 0 aliphatic rings. The topological polar surface area (TPSA) is 22.0 Å². The van der Waals surface area contributed by atoms with Crippen LogP contribution in [0, 0.1) is 0 Å². The maximum absolute atomic E-state index is 12.3. The minimum Gasteiger partial charge on any atom is -0.315 e. The molecule has 2 rings (SSSR count). The van der Waals surface area contributed by atoms with E-state index in [0.717, 1.165) is 29.5 Å². The van der Waals surface area contributed by atoms with Crippen LogP contribution in [-0.4, -0.2) is 10.3 Å². The number of pyridine rings is 1. The van der Waals surface area contributed by atoms with Crippen molar-refractivity contribution < 1.29 is 0 Å². The summed E-state index contributed by atoms with van der Waals surface area (Å²) < 4.78 is 1.85. The summed E-state index contributed by atoms with van der Waals surface area (Å²) >= 11 is 4.22. The van der Waals surface area contributed by atoms with Crippen molar-refractivity contribution in [2.24, 2.45) is 0 Å². The van der Waals surface area contributed by atoms with Crippen molar-refractivity contribution >= 4 is 23.4 Å². The molecule has 0 unspecified atom stereocenters. The minimum absolute atomic E-state index is 0.141. The first-order valence-electron chi connectivity index (χ1n) is 8.02. The van der Waals surface area contributed by atoms with Gasteiger partial charge in [0.1, 0.15) is 0 Å². The third-order valence-corrected chi connectivity index (χ3v) is 4.26. The summed E-state index contributed by atoms with van der Waals surface area (Å²) in [7, 11) is 0. The Kier molecular flexibility index (Phi) is 6.87. The lowest BCUT2D eigenvalue weighted by Gasteiger charge is -2.07. The number of fused-ring (bicyclic) bond motifs is 1. The van der Waals surface area contributed by atoms with Crippen molar-refractivity contribution in [3.63, 3.8) is 0 Å². The van der Waals surface area contributed by atoms with E-state index in [1.165, 1.54) is 38.5 Å². The van der Waals surface area contributed by atoms with Gasteiger partial charge in [0.2, 0.25) is 0 Å². The maximum atomic E-state index is 12.3. The zero-order chi connectivity index (χ0) is 14.9. The molecule has 114 valence electrons. The van der Waals surface area contributed by atoms with Crippen LogP contribution in [0.25, 0.3) is 10.8 Å². The number of hydrogen-bond donors (Lipinski definition) is 1. The van der Waals surface area contributed by atoms with E-state index in [4.69, 9.17) is 0 Å². The Morgan fingerprint density at radius 3 is 2.29 bits per heavy atom. The monoisotopic (exact) mass is 303 g/mol. The van der Waals surface area contributed by atoms with Crippen molar-refractivity contribution in [3.05, 3.63) is 46.9 Å². The Morgan fingerprint density at radius 2 is 1.52 bits per heavy atom. The fourth-order valence-electron chi connectivity index (χ4n) is 2.68. The molecular formula is C18H25NOS. The van der Waals surface area contributed by atoms with Gasteiger partial charge >= 0.3 is 0 Å². The molecule has 2 aromatic rings. The summed E-state index contributed by atoms with van der Waals surface area (Å²) in [6.45, 7) is 0.834. The molecule has 2 nitrogen and oxygen atoms in total. The molecule has 21 heavy (non-hydrogen) atoms. The Morgan fingerprint density at radius 1 is 0.857 bits per heavy atom. The minimum atomic E-state index is 0.141. The van der Waals surface area contributed by atoms with Gasteiger partial charge in [0.25, 0.3) is 5.56 Å². The van der Waals surface area contributed by atoms with Gasteiger partial charge in [-0.15, -0.1) is 0 Å². The number of hydrogen-bond acceptors (Lipinski definition) is 2. The molecule has 0 atom stereocenters. The highest BCUT2D eigenvalue weighted by atomic mass is 32.1. The first kappa shape index (κ1) is 16.2. The molecule has 1 aromatic heterocycles. The van der Waals surface area contributed by atoms with Crippen molar-refractivity contribution in [2.75, 3.05) is 5.75 Å². The SMILES string of the molecule is O=c1c2ccccc2ccn1CCCCCCCCCS. The zero-order valence-corrected chi connectivity index (χ0v) is 13.5. The number of rotatable bonds is 9. The van der Waals surface area contributed by atoms with Crippen LogP contribution in [0.5, 0.6) is 0 Å². The first-order chi connectivity index (χ1) is 10.3. The Bertz CT molecular complexity index is 605. The number of nitrogens with zero attached hydrogens (tertiary/aromatic N) is 1. The Hall–Kier alpha value is -1.22. The number of benzene rings is 1. The van der Waals surface area contributed by atoms with Crippen LogP contribution < -0.4 is 5.56 Å². The van der Waals surface area contributed by atoms with Crippen molar-refractivity contribution in [1.82, 2.24) is 4.57 Å². The fourth-order valence-corrected chi connectivity index (χ4v) is 2.91. The predicted octanol–water partition coefficient (Wildman–Crippen LogP) is 4.66. The van der Waals surface area contributed by atoms with Gasteiger partial charge in [-0.1, -0.05) is 50.3 Å². The highest BCUT2D eigenvalue weighted by Crippen LogP contribution is 2.10. The van der Waals surface area contributed by atoms with Crippen LogP contribution in [0.1, 0.15) is 44.9 Å². The second kappa shape index (κ2) is 8.93. The fraction of sp³-hybridized carbons (Fsp3) is 0.500. The highest BCUT2D eigenvalue weighted by Gasteiger charge is 2.01. The summed E-state index contributed by atoms with van der Waals surface area (Å²) in [5, 5.41) is 1.86. The number of unbranched alkanes of at least 4 members (excludes halogenated alkanes) is 6. The van der Waals surface area contributed by atoms with Crippen molar-refractivity contribution in [2.45, 2.75) is 51.5 Å². The quantitative estimate of drug-likeness (QED) is 0.528. The van der Waals surface area contributed by atoms with Crippen LogP contribution in [0.15, 0.2) is 41.3 Å². The van der Waals surface area contributed by atoms with Gasteiger partial charge in [0, 0.05) is 18.1 Å². The Labute approximate surface area is 132 Å². The molecule has 0 saturated carbocycles. The third-order valence-electron chi connectivity index (χ3n) is 3.94. The van der Waals surface area contributed by atoms with E-state index in [1.54, 1.807) is 0 Å². The van der Waals surface area contributed by atoms with Crippen LogP contribution in [0.4, 0.5) is 0 Å². The molecule has 1 aromatic carbocycles. The molecular weight excluding hydrogens is 278 g/mol. The van der Waals surface area contributed by atoms with E-state index in [2.05, 4.69) is 12.6 Å². The van der Waals surface area contributed by atoms with Gasteiger partial charge in [-0.05, 0) is 36.1 Å². The van der Waals surface area contributed by atoms with Gasteiger partial charge < -0.3 is 4.57 Å². The van der Waals surface area contributed by atoms with Crippen LogP contribution in [0.3, 0.4) is 0 Å². The molecule has 0 fully saturated rings. The van der Waals surface area contributed by atoms with Gasteiger partial charge in [-0.2, -0.15) is 12.6 Å².